The Morgan fingerprint density at radius 1 is 1.50 bits per heavy atom. The third-order valence-electron chi connectivity index (χ3n) is 3.98. The van der Waals surface area contributed by atoms with Gasteiger partial charge in [-0.15, -0.1) is 0 Å². The smallest absolute Gasteiger partial charge is 0.223 e. The Hall–Kier alpha value is -1.58. The van der Waals surface area contributed by atoms with Crippen LogP contribution in [-0.4, -0.2) is 28.9 Å². The van der Waals surface area contributed by atoms with E-state index in [0.29, 0.717) is 24.8 Å². The fourth-order valence-electron chi connectivity index (χ4n) is 2.58. The van der Waals surface area contributed by atoms with Crippen molar-refractivity contribution in [3.05, 3.63) is 23.9 Å². The van der Waals surface area contributed by atoms with Crippen LogP contribution >= 0.6 is 0 Å². The number of carbonyl (C=O) groups is 1. The molecule has 1 fully saturated rings. The van der Waals surface area contributed by atoms with E-state index in [1.165, 1.54) is 0 Å². The third-order valence-corrected chi connectivity index (χ3v) is 3.98. The summed E-state index contributed by atoms with van der Waals surface area (Å²) in [6, 6.07) is 3.99. The predicted octanol–water partition coefficient (Wildman–Crippen LogP) is 2.91. The minimum absolute atomic E-state index is 0.272. The van der Waals surface area contributed by atoms with Crippen LogP contribution in [0.15, 0.2) is 18.3 Å². The molecule has 4 heteroatoms. The summed E-state index contributed by atoms with van der Waals surface area (Å²) in [6.07, 6.45) is 3.55. The summed E-state index contributed by atoms with van der Waals surface area (Å²) in [5.41, 5.74) is 1.11. The number of carbonyl (C=O) groups excluding carboxylic acids is 1. The number of hydrogen-bond acceptors (Lipinski definition) is 3. The molecule has 2 rings (SSSR count). The summed E-state index contributed by atoms with van der Waals surface area (Å²) in [4.78, 5) is 18.5. The molecule has 1 unspecified atom stereocenters. The molecule has 1 aromatic heterocycles. The molecule has 0 spiro atoms. The lowest BCUT2D eigenvalue weighted by Crippen LogP contribution is -2.26. The number of hydrogen-bond donors (Lipinski definition) is 1. The molecule has 110 valence electrons. The second-order valence-electron chi connectivity index (χ2n) is 5.92. The minimum atomic E-state index is 0.272. The van der Waals surface area contributed by atoms with E-state index in [1.807, 2.05) is 11.0 Å². The highest BCUT2D eigenvalue weighted by atomic mass is 16.2. The summed E-state index contributed by atoms with van der Waals surface area (Å²) in [5.74, 6) is 2.24. The normalized spacial score (nSPS) is 18.9. The summed E-state index contributed by atoms with van der Waals surface area (Å²) in [6.45, 7) is 8.97. The lowest BCUT2D eigenvalue weighted by atomic mass is 9.95. The van der Waals surface area contributed by atoms with Gasteiger partial charge < -0.3 is 10.2 Å². The molecule has 0 aliphatic carbocycles. The largest absolute Gasteiger partial charge is 0.370 e. The van der Waals surface area contributed by atoms with Gasteiger partial charge in [0, 0.05) is 37.8 Å². The molecule has 1 N–H and O–H groups in total. The van der Waals surface area contributed by atoms with Crippen molar-refractivity contribution in [2.45, 2.75) is 40.2 Å². The number of rotatable bonds is 6. The molecular formula is C16H25N3O. The van der Waals surface area contributed by atoms with Crippen LogP contribution in [0.25, 0.3) is 0 Å². The van der Waals surface area contributed by atoms with E-state index in [1.54, 1.807) is 6.20 Å². The molecule has 1 aromatic rings. The molecule has 20 heavy (non-hydrogen) atoms. The van der Waals surface area contributed by atoms with Crippen molar-refractivity contribution in [3.8, 4) is 0 Å². The zero-order chi connectivity index (χ0) is 14.5. The van der Waals surface area contributed by atoms with E-state index in [0.717, 1.165) is 30.9 Å². The number of nitrogens with one attached hydrogen (secondary N) is 1. The lowest BCUT2D eigenvalue weighted by molar-refractivity contribution is -0.128. The number of amides is 1. The molecule has 1 aliphatic heterocycles. The average Bonchev–Trinajstić information content (AvgIpc) is 2.79. The van der Waals surface area contributed by atoms with Crippen LogP contribution in [0.2, 0.25) is 0 Å². The molecule has 0 bridgehead atoms. The number of pyridine rings is 1. The molecule has 1 amide bonds. The van der Waals surface area contributed by atoms with E-state index >= 15 is 0 Å². The van der Waals surface area contributed by atoms with Crippen molar-refractivity contribution < 1.29 is 4.79 Å². The lowest BCUT2D eigenvalue weighted by Gasteiger charge is -2.19. The van der Waals surface area contributed by atoms with Crippen LogP contribution in [0.5, 0.6) is 0 Å². The number of anilines is 1. The highest BCUT2D eigenvalue weighted by Crippen LogP contribution is 2.27. The van der Waals surface area contributed by atoms with Gasteiger partial charge in [-0.25, -0.2) is 4.98 Å². The summed E-state index contributed by atoms with van der Waals surface area (Å²) < 4.78 is 0. The fraction of sp³-hybridized carbons (Fsp3) is 0.625. The van der Waals surface area contributed by atoms with Crippen molar-refractivity contribution in [2.24, 2.45) is 11.8 Å². The molecule has 0 aromatic carbocycles. The number of likely N-dealkylation sites (tertiary alicyclic amines) is 1. The zero-order valence-electron chi connectivity index (χ0n) is 12.7. The standard InChI is InChI=1S/C16H25N3O/c1-4-7-17-16-13(6-5-8-18-16)10-19-11-14(12(2)3)9-15(19)20/h5-6,8,12,14H,4,7,9-11H2,1-3H3,(H,17,18). The van der Waals surface area contributed by atoms with Crippen molar-refractivity contribution in [2.75, 3.05) is 18.4 Å². The highest BCUT2D eigenvalue weighted by Gasteiger charge is 2.31. The van der Waals surface area contributed by atoms with Crippen LogP contribution in [-0.2, 0) is 11.3 Å². The summed E-state index contributed by atoms with van der Waals surface area (Å²) in [5, 5.41) is 3.34. The Morgan fingerprint density at radius 3 is 2.95 bits per heavy atom. The quantitative estimate of drug-likeness (QED) is 0.868. The second kappa shape index (κ2) is 6.73. The van der Waals surface area contributed by atoms with Gasteiger partial charge in [0.25, 0.3) is 0 Å². The van der Waals surface area contributed by atoms with Crippen LogP contribution in [0, 0.1) is 11.8 Å². The topological polar surface area (TPSA) is 45.2 Å². The van der Waals surface area contributed by atoms with Crippen molar-refractivity contribution in [3.63, 3.8) is 0 Å². The molecule has 1 aliphatic rings. The SMILES string of the molecule is CCCNc1ncccc1CN1CC(C(C)C)CC1=O. The van der Waals surface area contributed by atoms with Gasteiger partial charge in [0.2, 0.25) is 5.91 Å². The van der Waals surface area contributed by atoms with Gasteiger partial charge in [0.15, 0.2) is 0 Å². The zero-order valence-corrected chi connectivity index (χ0v) is 12.7. The maximum atomic E-state index is 12.1. The van der Waals surface area contributed by atoms with E-state index < -0.39 is 0 Å². The Balaban J connectivity index is 2.04. The van der Waals surface area contributed by atoms with Crippen molar-refractivity contribution in [1.82, 2.24) is 9.88 Å². The van der Waals surface area contributed by atoms with E-state index in [9.17, 15) is 4.79 Å². The second-order valence-corrected chi connectivity index (χ2v) is 5.92. The van der Waals surface area contributed by atoms with Crippen LogP contribution in [0.4, 0.5) is 5.82 Å². The van der Waals surface area contributed by atoms with Crippen molar-refractivity contribution in [1.29, 1.82) is 0 Å². The van der Waals surface area contributed by atoms with E-state index in [2.05, 4.69) is 37.1 Å². The van der Waals surface area contributed by atoms with E-state index in [-0.39, 0.29) is 5.91 Å². The molecule has 2 heterocycles. The molecule has 0 radical (unpaired) electrons. The first kappa shape index (κ1) is 14.8. The van der Waals surface area contributed by atoms with Gasteiger partial charge in [-0.3, -0.25) is 4.79 Å². The first-order chi connectivity index (χ1) is 9.61. The molecular weight excluding hydrogens is 250 g/mol. The van der Waals surface area contributed by atoms with Gasteiger partial charge in [-0.2, -0.15) is 0 Å². The summed E-state index contributed by atoms with van der Waals surface area (Å²) in [7, 11) is 0. The predicted molar refractivity (Wildman–Crippen MR) is 81.4 cm³/mol. The maximum Gasteiger partial charge on any atom is 0.223 e. The van der Waals surface area contributed by atoms with Crippen LogP contribution < -0.4 is 5.32 Å². The number of aromatic nitrogens is 1. The Bertz CT molecular complexity index is 459. The maximum absolute atomic E-state index is 12.1. The van der Waals surface area contributed by atoms with Gasteiger partial charge in [-0.1, -0.05) is 26.8 Å². The average molecular weight is 275 g/mol. The Labute approximate surface area is 121 Å². The minimum Gasteiger partial charge on any atom is -0.370 e. The molecule has 1 saturated heterocycles. The highest BCUT2D eigenvalue weighted by molar-refractivity contribution is 5.78. The molecule has 4 nitrogen and oxygen atoms in total. The molecule has 0 saturated carbocycles. The Morgan fingerprint density at radius 2 is 2.30 bits per heavy atom. The van der Waals surface area contributed by atoms with Gasteiger partial charge in [-0.05, 0) is 24.3 Å². The monoisotopic (exact) mass is 275 g/mol. The Kier molecular flexibility index (Phi) is 4.99. The summed E-state index contributed by atoms with van der Waals surface area (Å²) >= 11 is 0. The van der Waals surface area contributed by atoms with Gasteiger partial charge >= 0.3 is 0 Å². The first-order valence-corrected chi connectivity index (χ1v) is 7.57. The molecule has 1 atom stereocenters. The van der Waals surface area contributed by atoms with E-state index in [4.69, 9.17) is 0 Å². The fourth-order valence-corrected chi connectivity index (χ4v) is 2.58. The van der Waals surface area contributed by atoms with Crippen LogP contribution in [0.3, 0.4) is 0 Å². The van der Waals surface area contributed by atoms with Gasteiger partial charge in [0.1, 0.15) is 5.82 Å². The third kappa shape index (κ3) is 3.50. The number of nitrogens with zero attached hydrogens (tertiary/aromatic N) is 2. The first-order valence-electron chi connectivity index (χ1n) is 7.57. The van der Waals surface area contributed by atoms with Gasteiger partial charge in [0.05, 0.1) is 0 Å². The van der Waals surface area contributed by atoms with Crippen LogP contribution in [0.1, 0.15) is 39.2 Å². The van der Waals surface area contributed by atoms with Crippen molar-refractivity contribution >= 4 is 11.7 Å².